The number of nitrogens with zero attached hydrogens (tertiary/aromatic N) is 2. The van der Waals surface area contributed by atoms with E-state index in [9.17, 15) is 0 Å². The van der Waals surface area contributed by atoms with Crippen molar-refractivity contribution in [2.45, 2.75) is 31.7 Å². The van der Waals surface area contributed by atoms with Crippen molar-refractivity contribution in [2.24, 2.45) is 5.73 Å². The first-order valence-corrected chi connectivity index (χ1v) is 8.40. The molecule has 19 heavy (non-hydrogen) atoms. The van der Waals surface area contributed by atoms with Crippen LogP contribution >= 0.6 is 22.7 Å². The fourth-order valence-electron chi connectivity index (χ4n) is 2.16. The lowest BCUT2D eigenvalue weighted by atomic mass is 10.2. The molecular weight excluding hydrogens is 274 g/mol. The van der Waals surface area contributed by atoms with E-state index in [0.717, 1.165) is 18.1 Å². The second kappa shape index (κ2) is 5.61. The first-order valence-electron chi connectivity index (χ1n) is 6.71. The maximum atomic E-state index is 5.83. The van der Waals surface area contributed by atoms with E-state index in [-0.39, 0.29) is 0 Å². The van der Waals surface area contributed by atoms with Gasteiger partial charge in [0.2, 0.25) is 0 Å². The Kier molecular flexibility index (Phi) is 3.86. The van der Waals surface area contributed by atoms with Crippen LogP contribution in [0.3, 0.4) is 0 Å². The van der Waals surface area contributed by atoms with Gasteiger partial charge in [-0.2, -0.15) is 0 Å². The molecule has 0 unspecified atom stereocenters. The Bertz CT molecular complexity index is 529. The summed E-state index contributed by atoms with van der Waals surface area (Å²) in [6.07, 6.45) is 3.66. The maximum absolute atomic E-state index is 5.83. The highest BCUT2D eigenvalue weighted by Crippen LogP contribution is 2.43. The van der Waals surface area contributed by atoms with Gasteiger partial charge in [0.05, 0.1) is 5.69 Å². The topological polar surface area (TPSA) is 42.2 Å². The summed E-state index contributed by atoms with van der Waals surface area (Å²) in [4.78, 5) is 9.78. The van der Waals surface area contributed by atoms with Gasteiger partial charge in [-0.3, -0.25) is 0 Å². The fraction of sp³-hybridized carbons (Fsp3) is 0.500. The van der Waals surface area contributed by atoms with Crippen LogP contribution in [0, 0.1) is 0 Å². The van der Waals surface area contributed by atoms with Crippen LogP contribution in [0.2, 0.25) is 0 Å². The Balaban J connectivity index is 1.67. The van der Waals surface area contributed by atoms with Gasteiger partial charge in [0.15, 0.2) is 5.13 Å². The third-order valence-electron chi connectivity index (χ3n) is 3.47. The van der Waals surface area contributed by atoms with Crippen molar-refractivity contribution < 1.29 is 0 Å². The smallest absolute Gasteiger partial charge is 0.185 e. The summed E-state index contributed by atoms with van der Waals surface area (Å²) in [6.45, 7) is 1.64. The molecule has 0 aliphatic heterocycles. The number of likely N-dealkylation sites (N-methyl/N-ethyl adjacent to an activating group) is 1. The van der Waals surface area contributed by atoms with Crippen molar-refractivity contribution in [1.82, 2.24) is 4.98 Å². The lowest BCUT2D eigenvalue weighted by Crippen LogP contribution is -2.19. The SMILES string of the molecule is CN(CCc1cccs1)c1nc(C2CC2)c(CN)s1. The van der Waals surface area contributed by atoms with Crippen molar-refractivity contribution >= 4 is 27.8 Å². The fourth-order valence-corrected chi connectivity index (χ4v) is 3.87. The molecule has 3 rings (SSSR count). The molecule has 0 aromatic carbocycles. The Morgan fingerprint density at radius 1 is 1.47 bits per heavy atom. The average Bonchev–Trinajstić information content (AvgIpc) is 2.98. The number of rotatable bonds is 6. The van der Waals surface area contributed by atoms with Gasteiger partial charge < -0.3 is 10.6 Å². The quantitative estimate of drug-likeness (QED) is 0.889. The zero-order valence-electron chi connectivity index (χ0n) is 11.1. The molecule has 0 amide bonds. The molecule has 102 valence electrons. The molecule has 2 aromatic heterocycles. The molecule has 2 N–H and O–H groups in total. The summed E-state index contributed by atoms with van der Waals surface area (Å²) in [5.74, 6) is 0.689. The average molecular weight is 293 g/mol. The Labute approximate surface area is 122 Å². The minimum Gasteiger partial charge on any atom is -0.351 e. The van der Waals surface area contributed by atoms with Crippen LogP contribution in [0.1, 0.15) is 34.2 Å². The van der Waals surface area contributed by atoms with Gasteiger partial charge in [-0.1, -0.05) is 6.07 Å². The van der Waals surface area contributed by atoms with E-state index in [1.807, 2.05) is 11.3 Å². The minimum absolute atomic E-state index is 0.627. The van der Waals surface area contributed by atoms with Gasteiger partial charge in [-0.05, 0) is 30.7 Å². The largest absolute Gasteiger partial charge is 0.351 e. The molecule has 5 heteroatoms. The summed E-state index contributed by atoms with van der Waals surface area (Å²) < 4.78 is 0. The standard InChI is InChI=1S/C14H19N3S2/c1-17(7-6-11-3-2-8-18-11)14-16-13(10-4-5-10)12(9-15)19-14/h2-3,8,10H,4-7,9,15H2,1H3. The monoisotopic (exact) mass is 293 g/mol. The van der Waals surface area contributed by atoms with E-state index in [4.69, 9.17) is 10.7 Å². The predicted octanol–water partition coefficient (Wildman–Crippen LogP) is 3.22. The summed E-state index contributed by atoms with van der Waals surface area (Å²) >= 11 is 3.59. The van der Waals surface area contributed by atoms with Gasteiger partial charge in [0.25, 0.3) is 0 Å². The van der Waals surface area contributed by atoms with E-state index in [1.54, 1.807) is 11.3 Å². The van der Waals surface area contributed by atoms with Gasteiger partial charge >= 0.3 is 0 Å². The van der Waals surface area contributed by atoms with Crippen LogP contribution < -0.4 is 10.6 Å². The maximum Gasteiger partial charge on any atom is 0.185 e. The van der Waals surface area contributed by atoms with Crippen LogP contribution in [-0.4, -0.2) is 18.6 Å². The molecule has 3 nitrogen and oxygen atoms in total. The van der Waals surface area contributed by atoms with E-state index in [1.165, 1.54) is 28.3 Å². The van der Waals surface area contributed by atoms with Crippen molar-refractivity contribution in [3.8, 4) is 0 Å². The van der Waals surface area contributed by atoms with Crippen LogP contribution in [-0.2, 0) is 13.0 Å². The number of thiazole rings is 1. The Morgan fingerprint density at radius 2 is 2.32 bits per heavy atom. The molecule has 1 aliphatic carbocycles. The van der Waals surface area contributed by atoms with Gasteiger partial charge in [0, 0.05) is 35.8 Å². The number of hydrogen-bond donors (Lipinski definition) is 1. The normalized spacial score (nSPS) is 14.8. The third kappa shape index (κ3) is 2.99. The number of hydrogen-bond acceptors (Lipinski definition) is 5. The highest BCUT2D eigenvalue weighted by molar-refractivity contribution is 7.15. The zero-order chi connectivity index (χ0) is 13.2. The van der Waals surface area contributed by atoms with Crippen LogP contribution in [0.25, 0.3) is 0 Å². The van der Waals surface area contributed by atoms with E-state index in [2.05, 4.69) is 29.5 Å². The van der Waals surface area contributed by atoms with Gasteiger partial charge in [-0.15, -0.1) is 22.7 Å². The highest BCUT2D eigenvalue weighted by atomic mass is 32.1. The first kappa shape index (κ1) is 13.1. The van der Waals surface area contributed by atoms with Crippen molar-refractivity contribution in [3.05, 3.63) is 33.0 Å². The summed E-state index contributed by atoms with van der Waals surface area (Å²) in [5, 5.41) is 3.26. The molecule has 0 bridgehead atoms. The molecule has 2 heterocycles. The number of anilines is 1. The van der Waals surface area contributed by atoms with E-state index >= 15 is 0 Å². The van der Waals surface area contributed by atoms with Crippen molar-refractivity contribution in [1.29, 1.82) is 0 Å². The van der Waals surface area contributed by atoms with Crippen molar-refractivity contribution in [3.63, 3.8) is 0 Å². The number of aromatic nitrogens is 1. The third-order valence-corrected chi connectivity index (χ3v) is 5.61. The molecular formula is C14H19N3S2. The molecule has 2 aromatic rings. The predicted molar refractivity (Wildman–Crippen MR) is 83.3 cm³/mol. The molecule has 1 aliphatic rings. The van der Waals surface area contributed by atoms with Gasteiger partial charge in [-0.25, -0.2) is 4.98 Å². The van der Waals surface area contributed by atoms with Crippen molar-refractivity contribution in [2.75, 3.05) is 18.5 Å². The molecule has 0 atom stereocenters. The second-order valence-corrected chi connectivity index (χ2v) is 7.13. The zero-order valence-corrected chi connectivity index (χ0v) is 12.8. The van der Waals surface area contributed by atoms with Crippen LogP contribution in [0.15, 0.2) is 17.5 Å². The minimum atomic E-state index is 0.627. The number of nitrogens with two attached hydrogens (primary N) is 1. The molecule has 0 spiro atoms. The second-order valence-electron chi connectivity index (χ2n) is 5.03. The molecule has 0 saturated heterocycles. The Morgan fingerprint density at radius 3 is 2.95 bits per heavy atom. The lowest BCUT2D eigenvalue weighted by molar-refractivity contribution is 0.872. The summed E-state index contributed by atoms with van der Waals surface area (Å²) in [7, 11) is 2.13. The van der Waals surface area contributed by atoms with Gasteiger partial charge in [0.1, 0.15) is 0 Å². The number of thiophene rings is 1. The molecule has 0 radical (unpaired) electrons. The van der Waals surface area contributed by atoms with E-state index < -0.39 is 0 Å². The Hall–Kier alpha value is -0.910. The molecule has 1 saturated carbocycles. The van der Waals surface area contributed by atoms with Crippen LogP contribution in [0.4, 0.5) is 5.13 Å². The van der Waals surface area contributed by atoms with Crippen LogP contribution in [0.5, 0.6) is 0 Å². The summed E-state index contributed by atoms with van der Waals surface area (Å²) in [5.41, 5.74) is 7.10. The molecule has 1 fully saturated rings. The summed E-state index contributed by atoms with van der Waals surface area (Å²) in [6, 6.07) is 4.31. The van der Waals surface area contributed by atoms with E-state index in [0.29, 0.717) is 12.5 Å². The first-order chi connectivity index (χ1) is 9.28. The lowest BCUT2D eigenvalue weighted by Gasteiger charge is -2.14. The highest BCUT2D eigenvalue weighted by Gasteiger charge is 2.29.